The van der Waals surface area contributed by atoms with Gasteiger partial charge in [0.25, 0.3) is 0 Å². The second kappa shape index (κ2) is 6.39. The van der Waals surface area contributed by atoms with E-state index in [1.165, 1.54) is 0 Å². The van der Waals surface area contributed by atoms with Crippen LogP contribution in [0.1, 0.15) is 0 Å². The molecular formula is C15H16ClNO3. The Morgan fingerprint density at radius 3 is 2.35 bits per heavy atom. The molecule has 4 nitrogen and oxygen atoms in total. The third kappa shape index (κ3) is 2.91. The first kappa shape index (κ1) is 14.3. The van der Waals surface area contributed by atoms with Crippen LogP contribution < -0.4 is 19.5 Å². The van der Waals surface area contributed by atoms with Crippen molar-refractivity contribution >= 4 is 23.0 Å². The van der Waals surface area contributed by atoms with Gasteiger partial charge in [0.15, 0.2) is 5.75 Å². The van der Waals surface area contributed by atoms with Gasteiger partial charge < -0.3 is 19.5 Å². The summed E-state index contributed by atoms with van der Waals surface area (Å²) in [6.45, 7) is 0. The van der Waals surface area contributed by atoms with E-state index in [-0.39, 0.29) is 0 Å². The van der Waals surface area contributed by atoms with Crippen LogP contribution in [0.15, 0.2) is 36.4 Å². The molecule has 0 aliphatic carbocycles. The number of halogens is 1. The molecule has 0 spiro atoms. The predicted octanol–water partition coefficient (Wildman–Crippen LogP) is 4.11. The van der Waals surface area contributed by atoms with Crippen LogP contribution >= 0.6 is 11.6 Å². The largest absolute Gasteiger partial charge is 0.497 e. The van der Waals surface area contributed by atoms with E-state index in [1.807, 2.05) is 30.3 Å². The van der Waals surface area contributed by atoms with Gasteiger partial charge in [-0.3, -0.25) is 0 Å². The van der Waals surface area contributed by atoms with E-state index in [1.54, 1.807) is 27.4 Å². The molecule has 0 saturated heterocycles. The minimum Gasteiger partial charge on any atom is -0.497 e. The Kier molecular flexibility index (Phi) is 4.58. The Hall–Kier alpha value is -2.07. The van der Waals surface area contributed by atoms with Gasteiger partial charge in [0.2, 0.25) is 0 Å². The van der Waals surface area contributed by atoms with Gasteiger partial charge in [-0.25, -0.2) is 0 Å². The van der Waals surface area contributed by atoms with Crippen LogP contribution in [-0.2, 0) is 0 Å². The van der Waals surface area contributed by atoms with Gasteiger partial charge >= 0.3 is 0 Å². The van der Waals surface area contributed by atoms with Gasteiger partial charge in [-0.1, -0.05) is 17.7 Å². The first-order chi connectivity index (χ1) is 9.69. The standard InChI is InChI=1S/C15H16ClNO3/c1-18-10-7-8-14(19-2)13(9-10)17-12-6-4-5-11(16)15(12)20-3/h4-9,17H,1-3H3. The zero-order chi connectivity index (χ0) is 14.5. The molecule has 0 amide bonds. The number of nitrogens with one attached hydrogen (secondary N) is 1. The molecule has 106 valence electrons. The van der Waals surface area contributed by atoms with E-state index in [9.17, 15) is 0 Å². The molecule has 0 aliphatic rings. The van der Waals surface area contributed by atoms with Crippen molar-refractivity contribution in [3.05, 3.63) is 41.4 Å². The van der Waals surface area contributed by atoms with Crippen molar-refractivity contribution in [3.63, 3.8) is 0 Å². The summed E-state index contributed by atoms with van der Waals surface area (Å²) in [5.74, 6) is 2.01. The monoisotopic (exact) mass is 293 g/mol. The number of methoxy groups -OCH3 is 3. The average molecular weight is 294 g/mol. The first-order valence-electron chi connectivity index (χ1n) is 6.01. The molecule has 0 fully saturated rings. The minimum atomic E-state index is 0.541. The maximum absolute atomic E-state index is 6.11. The molecular weight excluding hydrogens is 278 g/mol. The lowest BCUT2D eigenvalue weighted by atomic mass is 10.2. The number of ether oxygens (including phenoxy) is 3. The highest BCUT2D eigenvalue weighted by Gasteiger charge is 2.11. The van der Waals surface area contributed by atoms with Gasteiger partial charge in [0.05, 0.1) is 37.7 Å². The molecule has 5 heteroatoms. The van der Waals surface area contributed by atoms with E-state index >= 15 is 0 Å². The van der Waals surface area contributed by atoms with E-state index in [0.29, 0.717) is 16.5 Å². The summed E-state index contributed by atoms with van der Waals surface area (Å²) in [4.78, 5) is 0. The van der Waals surface area contributed by atoms with E-state index in [4.69, 9.17) is 25.8 Å². The molecule has 0 aromatic heterocycles. The van der Waals surface area contributed by atoms with Crippen molar-refractivity contribution in [3.8, 4) is 17.2 Å². The molecule has 0 unspecified atom stereocenters. The normalized spacial score (nSPS) is 10.0. The molecule has 20 heavy (non-hydrogen) atoms. The van der Waals surface area contributed by atoms with Gasteiger partial charge in [-0.05, 0) is 24.3 Å². The van der Waals surface area contributed by atoms with E-state index < -0.39 is 0 Å². The maximum Gasteiger partial charge on any atom is 0.160 e. The molecule has 0 bridgehead atoms. The highest BCUT2D eigenvalue weighted by atomic mass is 35.5. The second-order valence-corrected chi connectivity index (χ2v) is 4.42. The van der Waals surface area contributed by atoms with E-state index in [2.05, 4.69) is 5.32 Å². The quantitative estimate of drug-likeness (QED) is 0.900. The highest BCUT2D eigenvalue weighted by molar-refractivity contribution is 6.32. The Labute approximate surface area is 123 Å². The number of para-hydroxylation sites is 1. The van der Waals surface area contributed by atoms with Gasteiger partial charge in [-0.15, -0.1) is 0 Å². The Morgan fingerprint density at radius 2 is 1.70 bits per heavy atom. The fourth-order valence-electron chi connectivity index (χ4n) is 1.87. The molecule has 0 heterocycles. The molecule has 2 aromatic rings. The molecule has 1 N–H and O–H groups in total. The fourth-order valence-corrected chi connectivity index (χ4v) is 2.12. The van der Waals surface area contributed by atoms with Crippen LogP contribution in [0, 0.1) is 0 Å². The number of anilines is 2. The molecule has 0 aliphatic heterocycles. The summed E-state index contributed by atoms with van der Waals surface area (Å²) in [5, 5.41) is 3.79. The summed E-state index contributed by atoms with van der Waals surface area (Å²) in [7, 11) is 4.81. The zero-order valence-corrected chi connectivity index (χ0v) is 12.3. The van der Waals surface area contributed by atoms with E-state index in [0.717, 1.165) is 17.1 Å². The number of hydrogen-bond acceptors (Lipinski definition) is 4. The van der Waals surface area contributed by atoms with Gasteiger partial charge in [0.1, 0.15) is 11.5 Å². The van der Waals surface area contributed by atoms with Crippen molar-refractivity contribution < 1.29 is 14.2 Å². The van der Waals surface area contributed by atoms with Crippen molar-refractivity contribution in [1.82, 2.24) is 0 Å². The zero-order valence-electron chi connectivity index (χ0n) is 11.6. The Balaban J connectivity index is 2.41. The number of benzene rings is 2. The lowest BCUT2D eigenvalue weighted by Crippen LogP contribution is -1.98. The second-order valence-electron chi connectivity index (χ2n) is 4.01. The number of hydrogen-bond donors (Lipinski definition) is 1. The SMILES string of the molecule is COc1ccc(OC)c(Nc2cccc(Cl)c2OC)c1. The van der Waals surface area contributed by atoms with Crippen LogP contribution in [0.5, 0.6) is 17.2 Å². The molecule has 2 aromatic carbocycles. The summed E-state index contributed by atoms with van der Waals surface area (Å²) in [6.07, 6.45) is 0. The predicted molar refractivity (Wildman–Crippen MR) is 80.8 cm³/mol. The van der Waals surface area contributed by atoms with Crippen LogP contribution in [0.4, 0.5) is 11.4 Å². The highest BCUT2D eigenvalue weighted by Crippen LogP contribution is 2.38. The lowest BCUT2D eigenvalue weighted by molar-refractivity contribution is 0.404. The van der Waals surface area contributed by atoms with Crippen LogP contribution in [0.25, 0.3) is 0 Å². The number of rotatable bonds is 5. The first-order valence-corrected chi connectivity index (χ1v) is 6.39. The van der Waals surface area contributed by atoms with Crippen LogP contribution in [0.3, 0.4) is 0 Å². The molecule has 0 saturated carbocycles. The van der Waals surface area contributed by atoms with Crippen molar-refractivity contribution in [2.24, 2.45) is 0 Å². The maximum atomic E-state index is 6.11. The minimum absolute atomic E-state index is 0.541. The summed E-state index contributed by atoms with van der Waals surface area (Å²) in [5.41, 5.74) is 1.53. The molecule has 0 radical (unpaired) electrons. The van der Waals surface area contributed by atoms with Gasteiger partial charge in [-0.2, -0.15) is 0 Å². The smallest absolute Gasteiger partial charge is 0.160 e. The molecule has 0 atom stereocenters. The van der Waals surface area contributed by atoms with Crippen molar-refractivity contribution in [1.29, 1.82) is 0 Å². The Morgan fingerprint density at radius 1 is 0.900 bits per heavy atom. The van der Waals surface area contributed by atoms with Crippen molar-refractivity contribution in [2.45, 2.75) is 0 Å². The van der Waals surface area contributed by atoms with Crippen LogP contribution in [0.2, 0.25) is 5.02 Å². The average Bonchev–Trinajstić information content (AvgIpc) is 2.47. The third-order valence-electron chi connectivity index (χ3n) is 2.85. The lowest BCUT2D eigenvalue weighted by Gasteiger charge is -2.15. The molecule has 2 rings (SSSR count). The van der Waals surface area contributed by atoms with Crippen LogP contribution in [-0.4, -0.2) is 21.3 Å². The summed E-state index contributed by atoms with van der Waals surface area (Å²) in [6, 6.07) is 11.0. The third-order valence-corrected chi connectivity index (χ3v) is 3.14. The topological polar surface area (TPSA) is 39.7 Å². The summed E-state index contributed by atoms with van der Waals surface area (Å²) < 4.78 is 15.9. The fraction of sp³-hybridized carbons (Fsp3) is 0.200. The summed E-state index contributed by atoms with van der Waals surface area (Å²) >= 11 is 6.11. The Bertz CT molecular complexity index is 602. The van der Waals surface area contributed by atoms with Crippen molar-refractivity contribution in [2.75, 3.05) is 26.6 Å². The van der Waals surface area contributed by atoms with Gasteiger partial charge in [0, 0.05) is 6.07 Å².